The Morgan fingerprint density at radius 2 is 1.50 bits per heavy atom. The molecule has 1 aliphatic rings. The van der Waals surface area contributed by atoms with Crippen molar-refractivity contribution in [2.24, 2.45) is 0 Å². The van der Waals surface area contributed by atoms with Crippen molar-refractivity contribution in [1.82, 2.24) is 4.90 Å². The number of rotatable bonds is 2. The second kappa shape index (κ2) is 8.28. The van der Waals surface area contributed by atoms with Crippen LogP contribution < -0.4 is 0 Å². The van der Waals surface area contributed by atoms with Crippen LogP contribution in [-0.4, -0.2) is 11.9 Å². The molecule has 136 valence electrons. The van der Waals surface area contributed by atoms with E-state index in [1.807, 2.05) is 13.8 Å². The van der Waals surface area contributed by atoms with E-state index in [1.165, 1.54) is 18.0 Å². The van der Waals surface area contributed by atoms with E-state index >= 15 is 0 Å². The summed E-state index contributed by atoms with van der Waals surface area (Å²) in [5, 5.41) is -0.0466. The van der Waals surface area contributed by atoms with Gasteiger partial charge in [0.1, 0.15) is 17.5 Å². The molecule has 0 radical (unpaired) electrons. The first-order chi connectivity index (χ1) is 12.4. The largest absolute Gasteiger partial charge is 0.342 e. The third-order valence-corrected chi connectivity index (χ3v) is 4.09. The zero-order valence-corrected chi connectivity index (χ0v) is 15.5. The number of hydrogen-bond acceptors (Lipinski definition) is 1. The molecule has 0 saturated heterocycles. The van der Waals surface area contributed by atoms with Crippen molar-refractivity contribution in [3.05, 3.63) is 94.4 Å². The van der Waals surface area contributed by atoms with Crippen LogP contribution in [0, 0.1) is 11.6 Å². The molecule has 5 heteroatoms. The molecule has 2 aromatic carbocycles. The minimum atomic E-state index is -0.821. The molecule has 0 bridgehead atoms. The molecule has 2 aromatic rings. The lowest BCUT2D eigenvalue weighted by atomic mass is 9.94. The molecule has 0 amide bonds. The number of hydrogen-bond donors (Lipinski definition) is 0. The highest BCUT2D eigenvalue weighted by Crippen LogP contribution is 2.40. The fourth-order valence-electron chi connectivity index (χ4n) is 2.66. The van der Waals surface area contributed by atoms with E-state index < -0.39 is 17.5 Å². The maximum atomic E-state index is 14.5. The molecular formula is C21H19ClF3N. The number of nitrogens with zero attached hydrogens (tertiary/aromatic N) is 1. The lowest BCUT2D eigenvalue weighted by Crippen LogP contribution is -2.22. The highest BCUT2D eigenvalue weighted by atomic mass is 35.5. The van der Waals surface area contributed by atoms with Crippen LogP contribution in [0.5, 0.6) is 0 Å². The molecule has 0 N–H and O–H groups in total. The van der Waals surface area contributed by atoms with Crippen molar-refractivity contribution in [2.45, 2.75) is 13.8 Å². The summed E-state index contributed by atoms with van der Waals surface area (Å²) in [5.74, 6) is -2.20. The van der Waals surface area contributed by atoms with Crippen molar-refractivity contribution in [3.8, 4) is 0 Å². The third-order valence-electron chi connectivity index (χ3n) is 3.87. The average molecular weight is 378 g/mol. The van der Waals surface area contributed by atoms with Gasteiger partial charge in [0.2, 0.25) is 0 Å². The van der Waals surface area contributed by atoms with E-state index in [9.17, 15) is 13.2 Å². The maximum absolute atomic E-state index is 14.5. The van der Waals surface area contributed by atoms with Crippen molar-refractivity contribution in [2.75, 3.05) is 7.05 Å². The molecule has 0 spiro atoms. The molecular weight excluding hydrogens is 359 g/mol. The Labute approximate surface area is 156 Å². The predicted molar refractivity (Wildman–Crippen MR) is 102 cm³/mol. The van der Waals surface area contributed by atoms with Gasteiger partial charge in [0, 0.05) is 17.6 Å². The van der Waals surface area contributed by atoms with Gasteiger partial charge in [-0.05, 0) is 23.8 Å². The van der Waals surface area contributed by atoms with Crippen LogP contribution in [-0.2, 0) is 0 Å². The monoisotopic (exact) mass is 377 g/mol. The molecule has 0 fully saturated rings. The normalized spacial score (nSPS) is 14.0. The zero-order valence-electron chi connectivity index (χ0n) is 14.8. The molecule has 3 rings (SSSR count). The van der Waals surface area contributed by atoms with Gasteiger partial charge >= 0.3 is 0 Å². The summed E-state index contributed by atoms with van der Waals surface area (Å²) in [5.41, 5.74) is 0.947. The summed E-state index contributed by atoms with van der Waals surface area (Å²) in [6, 6.07) is 10.9. The molecule has 26 heavy (non-hydrogen) atoms. The molecule has 0 atom stereocenters. The van der Waals surface area contributed by atoms with Crippen LogP contribution in [0.3, 0.4) is 0 Å². The standard InChI is InChI=1S/C19H13ClF3N.C2H6/c1-11-15(21)10-14(12-6-4-3-5-7-12)19(24(11)2)18-16(22)8-13(20)9-17(18)23;1-2/h3-10H,1H2,2H3;1-2H3. The van der Waals surface area contributed by atoms with Crippen molar-refractivity contribution in [1.29, 1.82) is 0 Å². The van der Waals surface area contributed by atoms with E-state index in [-0.39, 0.29) is 22.0 Å². The van der Waals surface area contributed by atoms with Gasteiger partial charge in [0.05, 0.1) is 17.0 Å². The van der Waals surface area contributed by atoms with Gasteiger partial charge < -0.3 is 4.90 Å². The van der Waals surface area contributed by atoms with Gasteiger partial charge in [0.25, 0.3) is 0 Å². The Balaban J connectivity index is 0.00000117. The minimum Gasteiger partial charge on any atom is -0.342 e. The summed E-state index contributed by atoms with van der Waals surface area (Å²) < 4.78 is 43.1. The molecule has 1 heterocycles. The maximum Gasteiger partial charge on any atom is 0.146 e. The quantitative estimate of drug-likeness (QED) is 0.554. The zero-order chi connectivity index (χ0) is 19.4. The summed E-state index contributed by atoms with van der Waals surface area (Å²) in [7, 11) is 1.51. The van der Waals surface area contributed by atoms with Crippen LogP contribution in [0.15, 0.2) is 66.6 Å². The molecule has 0 unspecified atom stereocenters. The Kier molecular flexibility index (Phi) is 6.32. The molecule has 1 nitrogen and oxygen atoms in total. The third kappa shape index (κ3) is 3.70. The summed E-state index contributed by atoms with van der Waals surface area (Å²) in [6.07, 6.45) is 1.24. The number of allylic oxidation sites excluding steroid dienone is 3. The summed E-state index contributed by atoms with van der Waals surface area (Å²) >= 11 is 5.70. The lowest BCUT2D eigenvalue weighted by molar-refractivity contribution is 0.513. The number of benzene rings is 2. The van der Waals surface area contributed by atoms with Crippen LogP contribution in [0.4, 0.5) is 13.2 Å². The van der Waals surface area contributed by atoms with Gasteiger partial charge in [0.15, 0.2) is 0 Å². The molecule has 0 aliphatic carbocycles. The van der Waals surface area contributed by atoms with Gasteiger partial charge in [-0.1, -0.05) is 62.4 Å². The lowest BCUT2D eigenvalue weighted by Gasteiger charge is -2.30. The highest BCUT2D eigenvalue weighted by Gasteiger charge is 2.28. The summed E-state index contributed by atoms with van der Waals surface area (Å²) in [6.45, 7) is 7.63. The van der Waals surface area contributed by atoms with E-state index in [2.05, 4.69) is 6.58 Å². The Morgan fingerprint density at radius 1 is 0.962 bits per heavy atom. The van der Waals surface area contributed by atoms with Crippen molar-refractivity contribution >= 4 is 22.9 Å². The fourth-order valence-corrected chi connectivity index (χ4v) is 2.85. The second-order valence-corrected chi connectivity index (χ2v) is 5.81. The van der Waals surface area contributed by atoms with Gasteiger partial charge in [-0.2, -0.15) is 0 Å². The number of likely N-dealkylation sites (N-methyl/N-ethyl adjacent to an activating group) is 1. The van der Waals surface area contributed by atoms with Gasteiger partial charge in [-0.15, -0.1) is 0 Å². The van der Waals surface area contributed by atoms with E-state index in [4.69, 9.17) is 11.6 Å². The first-order valence-corrected chi connectivity index (χ1v) is 8.52. The average Bonchev–Trinajstić information content (AvgIpc) is 2.63. The Hall–Kier alpha value is -2.46. The highest BCUT2D eigenvalue weighted by molar-refractivity contribution is 6.30. The van der Waals surface area contributed by atoms with Crippen LogP contribution in [0.2, 0.25) is 5.02 Å². The van der Waals surface area contributed by atoms with Crippen LogP contribution in [0.25, 0.3) is 11.3 Å². The van der Waals surface area contributed by atoms with E-state index in [1.54, 1.807) is 30.3 Å². The molecule has 1 aliphatic heterocycles. The van der Waals surface area contributed by atoms with Crippen molar-refractivity contribution in [3.63, 3.8) is 0 Å². The SMILES string of the molecule is C=C1C(F)=CC(c2ccccc2)=C(c2c(F)cc(Cl)cc2F)N1C.CC. The number of halogens is 4. The first kappa shape index (κ1) is 19.9. The van der Waals surface area contributed by atoms with Crippen LogP contribution in [0.1, 0.15) is 25.0 Å². The van der Waals surface area contributed by atoms with E-state index in [0.29, 0.717) is 11.1 Å². The predicted octanol–water partition coefficient (Wildman–Crippen LogP) is 6.83. The first-order valence-electron chi connectivity index (χ1n) is 8.15. The fraction of sp³-hybridized carbons (Fsp3) is 0.143. The van der Waals surface area contributed by atoms with Gasteiger partial charge in [-0.3, -0.25) is 0 Å². The molecule has 0 saturated carbocycles. The molecule has 0 aromatic heterocycles. The van der Waals surface area contributed by atoms with E-state index in [0.717, 1.165) is 12.1 Å². The van der Waals surface area contributed by atoms with Gasteiger partial charge in [-0.25, -0.2) is 13.2 Å². The Bertz CT molecular complexity index is 862. The summed E-state index contributed by atoms with van der Waals surface area (Å²) in [4.78, 5) is 1.34. The minimum absolute atomic E-state index is 0.0263. The smallest absolute Gasteiger partial charge is 0.146 e. The topological polar surface area (TPSA) is 3.24 Å². The van der Waals surface area contributed by atoms with Crippen molar-refractivity contribution < 1.29 is 13.2 Å². The Morgan fingerprint density at radius 3 is 2.04 bits per heavy atom. The second-order valence-electron chi connectivity index (χ2n) is 5.37. The van der Waals surface area contributed by atoms with Crippen LogP contribution >= 0.6 is 11.6 Å².